The van der Waals surface area contributed by atoms with Gasteiger partial charge in [-0.3, -0.25) is 4.79 Å². The number of carbonyl (C=O) groups is 1. The van der Waals surface area contributed by atoms with Crippen LogP contribution in [-0.4, -0.2) is 29.2 Å². The van der Waals surface area contributed by atoms with Crippen molar-refractivity contribution in [2.24, 2.45) is 5.10 Å². The Balaban J connectivity index is 1.46. The number of rotatable bonds is 8. The third-order valence-corrected chi connectivity index (χ3v) is 7.66. The van der Waals surface area contributed by atoms with Crippen molar-refractivity contribution >= 4 is 56.9 Å². The normalized spacial score (nSPS) is 11.5. The van der Waals surface area contributed by atoms with Gasteiger partial charge in [-0.05, 0) is 55.3 Å². The number of thioether (sulfide) groups is 1. The molecular formula is C25H21ClF2N4O2S2. The monoisotopic (exact) mass is 546 g/mol. The fraction of sp³-hybridized carbons (Fsp3) is 0.200. The molecule has 2 aromatic carbocycles. The first-order chi connectivity index (χ1) is 17.2. The molecule has 2 aromatic heterocycles. The number of alkyl halides is 2. The zero-order valence-electron chi connectivity index (χ0n) is 19.5. The molecule has 11 heteroatoms. The lowest BCUT2D eigenvalue weighted by molar-refractivity contribution is 0.0959. The van der Waals surface area contributed by atoms with Gasteiger partial charge >= 0.3 is 0 Å². The molecule has 0 aliphatic carbocycles. The molecule has 0 unspecified atom stereocenters. The number of thiophene rings is 1. The minimum atomic E-state index is -2.66. The van der Waals surface area contributed by atoms with Crippen molar-refractivity contribution in [3.05, 3.63) is 80.4 Å². The number of benzene rings is 2. The number of carbonyl (C=O) groups excluding carboxylic acids is 1. The number of aryl methyl sites for hydroxylation is 2. The Morgan fingerprint density at radius 3 is 2.78 bits per heavy atom. The largest absolute Gasteiger partial charge is 0.496 e. The lowest BCUT2D eigenvalue weighted by atomic mass is 10.1. The highest BCUT2D eigenvalue weighted by Gasteiger charge is 2.17. The van der Waals surface area contributed by atoms with Crippen LogP contribution >= 0.6 is 34.7 Å². The first kappa shape index (κ1) is 26.0. The van der Waals surface area contributed by atoms with E-state index in [0.29, 0.717) is 32.7 Å². The molecule has 4 rings (SSSR count). The van der Waals surface area contributed by atoms with E-state index in [1.807, 2.05) is 31.2 Å². The van der Waals surface area contributed by atoms with Crippen molar-refractivity contribution in [2.45, 2.75) is 31.2 Å². The quantitative estimate of drug-likeness (QED) is 0.112. The molecule has 0 aliphatic rings. The molecule has 0 aliphatic heterocycles. The molecule has 6 nitrogen and oxygen atoms in total. The van der Waals surface area contributed by atoms with Gasteiger partial charge in [0.25, 0.3) is 12.3 Å². The third-order valence-electron chi connectivity index (χ3n) is 5.11. The highest BCUT2D eigenvalue weighted by atomic mass is 35.5. The summed E-state index contributed by atoms with van der Waals surface area (Å²) in [6.45, 7) is 3.63. The number of nitrogens with one attached hydrogen (secondary N) is 1. The van der Waals surface area contributed by atoms with Crippen molar-refractivity contribution < 1.29 is 18.3 Å². The van der Waals surface area contributed by atoms with E-state index < -0.39 is 12.3 Å². The zero-order chi connectivity index (χ0) is 25.8. The van der Waals surface area contributed by atoms with E-state index >= 15 is 0 Å². The van der Waals surface area contributed by atoms with Gasteiger partial charge in [0, 0.05) is 27.1 Å². The second-order valence-electron chi connectivity index (χ2n) is 7.82. The SMILES string of the molecule is COc1ccc(/C=N\NC(=O)c2sc3cc(C)ccc3c2Cl)cc1CSc1nc(C)cc(C(F)F)n1. The van der Waals surface area contributed by atoms with Crippen molar-refractivity contribution in [1.82, 2.24) is 15.4 Å². The Bertz CT molecular complexity index is 1460. The fourth-order valence-electron chi connectivity index (χ4n) is 3.41. The summed E-state index contributed by atoms with van der Waals surface area (Å²) >= 11 is 8.94. The van der Waals surface area contributed by atoms with Crippen LogP contribution in [0.5, 0.6) is 5.75 Å². The summed E-state index contributed by atoms with van der Waals surface area (Å²) in [5.74, 6) is 0.615. The van der Waals surface area contributed by atoms with Gasteiger partial charge in [-0.2, -0.15) is 5.10 Å². The van der Waals surface area contributed by atoms with Gasteiger partial charge in [0.05, 0.1) is 18.3 Å². The van der Waals surface area contributed by atoms with E-state index in [9.17, 15) is 13.6 Å². The van der Waals surface area contributed by atoms with E-state index in [-0.39, 0.29) is 10.9 Å². The first-order valence-corrected chi connectivity index (χ1v) is 12.9. The molecule has 186 valence electrons. The molecule has 0 bridgehead atoms. The highest BCUT2D eigenvalue weighted by molar-refractivity contribution is 7.98. The van der Waals surface area contributed by atoms with E-state index in [0.717, 1.165) is 21.2 Å². The van der Waals surface area contributed by atoms with Crippen LogP contribution in [0.3, 0.4) is 0 Å². The van der Waals surface area contributed by atoms with Gasteiger partial charge in [0.1, 0.15) is 16.3 Å². The summed E-state index contributed by atoms with van der Waals surface area (Å²) in [4.78, 5) is 21.2. The van der Waals surface area contributed by atoms with Crippen LogP contribution in [0.4, 0.5) is 8.78 Å². The van der Waals surface area contributed by atoms with Gasteiger partial charge in [-0.15, -0.1) is 11.3 Å². The Hall–Kier alpha value is -3.08. The third kappa shape index (κ3) is 6.00. The molecule has 2 heterocycles. The Morgan fingerprint density at radius 1 is 1.22 bits per heavy atom. The molecule has 0 saturated heterocycles. The zero-order valence-corrected chi connectivity index (χ0v) is 21.9. The number of ether oxygens (including phenoxy) is 1. The summed E-state index contributed by atoms with van der Waals surface area (Å²) in [6, 6.07) is 12.5. The maximum Gasteiger partial charge on any atom is 0.283 e. The molecule has 1 amide bonds. The molecule has 0 saturated carbocycles. The maximum atomic E-state index is 13.1. The number of methoxy groups -OCH3 is 1. The van der Waals surface area contributed by atoms with E-state index in [4.69, 9.17) is 16.3 Å². The van der Waals surface area contributed by atoms with Crippen molar-refractivity contribution in [3.8, 4) is 5.75 Å². The maximum absolute atomic E-state index is 13.1. The summed E-state index contributed by atoms with van der Waals surface area (Å²) in [5, 5.41) is 5.56. The summed E-state index contributed by atoms with van der Waals surface area (Å²) < 4.78 is 32.5. The van der Waals surface area contributed by atoms with E-state index in [2.05, 4.69) is 20.5 Å². The average molecular weight is 547 g/mol. The molecule has 4 aromatic rings. The van der Waals surface area contributed by atoms with Gasteiger partial charge in [0.15, 0.2) is 5.16 Å². The minimum Gasteiger partial charge on any atom is -0.496 e. The molecule has 0 fully saturated rings. The van der Waals surface area contributed by atoms with Gasteiger partial charge in [0.2, 0.25) is 0 Å². The number of hydrogen-bond acceptors (Lipinski definition) is 7. The number of fused-ring (bicyclic) bond motifs is 1. The lowest BCUT2D eigenvalue weighted by Gasteiger charge is -2.10. The Kier molecular flexibility index (Phi) is 8.17. The van der Waals surface area contributed by atoms with E-state index in [1.165, 1.54) is 35.4 Å². The lowest BCUT2D eigenvalue weighted by Crippen LogP contribution is -2.16. The predicted octanol–water partition coefficient (Wildman–Crippen LogP) is 6.96. The second-order valence-corrected chi connectivity index (χ2v) is 10.2. The van der Waals surface area contributed by atoms with Crippen LogP contribution in [0.15, 0.2) is 52.7 Å². The van der Waals surface area contributed by atoms with Crippen molar-refractivity contribution in [1.29, 1.82) is 0 Å². The van der Waals surface area contributed by atoms with Gasteiger partial charge in [-0.1, -0.05) is 35.5 Å². The predicted molar refractivity (Wildman–Crippen MR) is 141 cm³/mol. The Morgan fingerprint density at radius 2 is 2.03 bits per heavy atom. The molecule has 1 N–H and O–H groups in total. The van der Waals surface area contributed by atoms with E-state index in [1.54, 1.807) is 26.2 Å². The van der Waals surface area contributed by atoms with Crippen molar-refractivity contribution in [3.63, 3.8) is 0 Å². The van der Waals surface area contributed by atoms with Crippen LogP contribution in [0, 0.1) is 13.8 Å². The number of hydrogen-bond donors (Lipinski definition) is 1. The second kappa shape index (κ2) is 11.3. The molecule has 0 radical (unpaired) electrons. The van der Waals surface area contributed by atoms with Gasteiger partial charge in [-0.25, -0.2) is 24.2 Å². The first-order valence-electron chi connectivity index (χ1n) is 10.7. The minimum absolute atomic E-state index is 0.258. The highest BCUT2D eigenvalue weighted by Crippen LogP contribution is 2.35. The molecule has 0 spiro atoms. The van der Waals surface area contributed by atoms with Crippen LogP contribution < -0.4 is 10.2 Å². The van der Waals surface area contributed by atoms with Gasteiger partial charge < -0.3 is 4.74 Å². The summed E-state index contributed by atoms with van der Waals surface area (Å²) in [6.07, 6.45) is -1.16. The van der Waals surface area contributed by atoms with Crippen LogP contribution in [-0.2, 0) is 5.75 Å². The summed E-state index contributed by atoms with van der Waals surface area (Å²) in [5.41, 5.74) is 5.28. The average Bonchev–Trinajstić information content (AvgIpc) is 3.17. The topological polar surface area (TPSA) is 76.5 Å². The number of hydrazone groups is 1. The molecule has 36 heavy (non-hydrogen) atoms. The number of amides is 1. The Labute approximate surface area is 219 Å². The van der Waals surface area contributed by atoms with Crippen LogP contribution in [0.2, 0.25) is 5.02 Å². The van der Waals surface area contributed by atoms with Crippen LogP contribution in [0.1, 0.15) is 44.2 Å². The fourth-order valence-corrected chi connectivity index (χ4v) is 5.80. The van der Waals surface area contributed by atoms with Crippen LogP contribution in [0.25, 0.3) is 10.1 Å². The molecular weight excluding hydrogens is 526 g/mol. The number of halogens is 3. The smallest absolute Gasteiger partial charge is 0.283 e. The standard InChI is InChI=1S/C25H21ClF2N4O2S2/c1-13-4-6-17-20(8-13)36-22(21(17)26)24(33)32-29-11-15-5-7-19(34-3)16(10-15)12-35-25-30-14(2)9-18(31-25)23(27)28/h4-11,23H,12H2,1-3H3,(H,32,33)/b29-11-. The number of nitrogens with zero attached hydrogens (tertiary/aromatic N) is 3. The molecule has 0 atom stereocenters. The number of aromatic nitrogens is 2. The van der Waals surface area contributed by atoms with Crippen molar-refractivity contribution in [2.75, 3.05) is 7.11 Å². The summed E-state index contributed by atoms with van der Waals surface area (Å²) in [7, 11) is 1.55.